The van der Waals surface area contributed by atoms with Crippen molar-refractivity contribution in [1.82, 2.24) is 4.98 Å². The zero-order chi connectivity index (χ0) is 27.9. The second-order valence-corrected chi connectivity index (χ2v) is 9.95. The van der Waals surface area contributed by atoms with E-state index in [1.165, 1.54) is 0 Å². The number of amides is 1. The van der Waals surface area contributed by atoms with Crippen LogP contribution in [-0.2, 0) is 0 Å². The van der Waals surface area contributed by atoms with Gasteiger partial charge in [0.15, 0.2) is 0 Å². The Bertz CT molecular complexity index is 1450. The zero-order valence-corrected chi connectivity index (χ0v) is 22.4. The van der Waals surface area contributed by atoms with E-state index in [0.717, 1.165) is 31.7 Å². The van der Waals surface area contributed by atoms with Crippen LogP contribution >= 0.6 is 11.6 Å². The average Bonchev–Trinajstić information content (AvgIpc) is 2.98. The summed E-state index contributed by atoms with van der Waals surface area (Å²) in [6.45, 7) is 2.22. The number of hydrogen-bond donors (Lipinski definition) is 2. The lowest BCUT2D eigenvalue weighted by Gasteiger charge is -2.32. The van der Waals surface area contributed by atoms with Crippen LogP contribution in [-0.4, -0.2) is 41.7 Å². The van der Waals surface area contributed by atoms with Gasteiger partial charge in [-0.3, -0.25) is 4.79 Å². The van der Waals surface area contributed by atoms with Gasteiger partial charge in [-0.05, 0) is 97.6 Å². The molecule has 0 unspecified atom stereocenters. The minimum atomic E-state index is -0.966. The number of ether oxygens (including phenoxy) is 2. The highest BCUT2D eigenvalue weighted by Crippen LogP contribution is 2.26. The van der Waals surface area contributed by atoms with Crippen molar-refractivity contribution >= 4 is 35.0 Å². The van der Waals surface area contributed by atoms with Gasteiger partial charge in [0, 0.05) is 23.7 Å². The molecule has 1 aliphatic heterocycles. The third-order valence-electron chi connectivity index (χ3n) is 6.68. The Hall–Kier alpha value is -4.56. The van der Waals surface area contributed by atoms with Gasteiger partial charge in [0.25, 0.3) is 5.91 Å². The molecule has 9 heteroatoms. The van der Waals surface area contributed by atoms with Crippen LogP contribution < -0.4 is 19.7 Å². The molecule has 0 aliphatic carbocycles. The summed E-state index contributed by atoms with van der Waals surface area (Å²) in [7, 11) is 0. The highest BCUT2D eigenvalue weighted by molar-refractivity contribution is 6.30. The summed E-state index contributed by atoms with van der Waals surface area (Å²) in [6.07, 6.45) is 3.54. The molecular formula is C31H28ClN3O5. The highest BCUT2D eigenvalue weighted by atomic mass is 35.5. The van der Waals surface area contributed by atoms with Gasteiger partial charge in [-0.1, -0.05) is 17.7 Å². The van der Waals surface area contributed by atoms with Crippen molar-refractivity contribution in [2.24, 2.45) is 5.92 Å². The molecule has 5 rings (SSSR count). The van der Waals surface area contributed by atoms with Crippen LogP contribution in [0.25, 0.3) is 0 Å². The van der Waals surface area contributed by atoms with Crippen molar-refractivity contribution in [3.63, 3.8) is 0 Å². The topological polar surface area (TPSA) is 101 Å². The molecule has 3 aromatic carbocycles. The number of benzene rings is 3. The van der Waals surface area contributed by atoms with Gasteiger partial charge >= 0.3 is 5.97 Å². The molecule has 0 bridgehead atoms. The van der Waals surface area contributed by atoms with E-state index >= 15 is 0 Å². The number of halogens is 1. The molecule has 0 radical (unpaired) electrons. The number of carbonyl (C=O) groups is 2. The monoisotopic (exact) mass is 557 g/mol. The number of pyridine rings is 1. The second kappa shape index (κ2) is 12.5. The Kier molecular flexibility index (Phi) is 8.47. The summed E-state index contributed by atoms with van der Waals surface area (Å²) in [5, 5.41) is 12.7. The normalized spacial score (nSPS) is 13.5. The number of carbonyl (C=O) groups excluding carboxylic acids is 1. The SMILES string of the molecule is O=C(O)c1cccc(OCC2CCN(c3ccc(NC(=O)c4ccc(Oc5ccc(Cl)cc5)cc4)cn3)CC2)c1. The Morgan fingerprint density at radius 1 is 0.900 bits per heavy atom. The number of hydrogen-bond acceptors (Lipinski definition) is 6. The van der Waals surface area contributed by atoms with E-state index in [2.05, 4.69) is 15.2 Å². The highest BCUT2D eigenvalue weighted by Gasteiger charge is 2.21. The first-order valence-electron chi connectivity index (χ1n) is 12.9. The summed E-state index contributed by atoms with van der Waals surface area (Å²) in [5.74, 6) is 1.89. The fourth-order valence-electron chi connectivity index (χ4n) is 4.43. The first kappa shape index (κ1) is 27.0. The van der Waals surface area contributed by atoms with E-state index in [-0.39, 0.29) is 11.5 Å². The van der Waals surface area contributed by atoms with E-state index in [9.17, 15) is 9.59 Å². The third kappa shape index (κ3) is 7.09. The zero-order valence-electron chi connectivity index (χ0n) is 21.6. The van der Waals surface area contributed by atoms with E-state index in [0.29, 0.717) is 46.0 Å². The summed E-state index contributed by atoms with van der Waals surface area (Å²) < 4.78 is 11.6. The summed E-state index contributed by atoms with van der Waals surface area (Å²) in [5.41, 5.74) is 1.34. The van der Waals surface area contributed by atoms with Crippen LogP contribution in [0.4, 0.5) is 11.5 Å². The van der Waals surface area contributed by atoms with Crippen LogP contribution in [0.2, 0.25) is 5.02 Å². The van der Waals surface area contributed by atoms with Gasteiger partial charge in [0.2, 0.25) is 0 Å². The molecule has 0 spiro atoms. The molecule has 1 fully saturated rings. The third-order valence-corrected chi connectivity index (χ3v) is 6.93. The Morgan fingerprint density at radius 2 is 1.60 bits per heavy atom. The molecular weight excluding hydrogens is 530 g/mol. The number of piperidine rings is 1. The van der Waals surface area contributed by atoms with Crippen LogP contribution in [0.5, 0.6) is 17.2 Å². The van der Waals surface area contributed by atoms with Crippen molar-refractivity contribution in [3.8, 4) is 17.2 Å². The van der Waals surface area contributed by atoms with Gasteiger partial charge in [-0.25, -0.2) is 9.78 Å². The molecule has 0 saturated carbocycles. The quantitative estimate of drug-likeness (QED) is 0.234. The number of carboxylic acids is 1. The van der Waals surface area contributed by atoms with E-state index in [4.69, 9.17) is 26.2 Å². The molecule has 1 amide bonds. The van der Waals surface area contributed by atoms with Crippen LogP contribution in [0.1, 0.15) is 33.6 Å². The first-order valence-corrected chi connectivity index (χ1v) is 13.3. The number of nitrogens with zero attached hydrogens (tertiary/aromatic N) is 2. The Labute approximate surface area is 237 Å². The van der Waals surface area contributed by atoms with Crippen LogP contribution in [0, 0.1) is 5.92 Å². The minimum Gasteiger partial charge on any atom is -0.493 e. The molecule has 2 N–H and O–H groups in total. The lowest BCUT2D eigenvalue weighted by atomic mass is 9.98. The van der Waals surface area contributed by atoms with E-state index in [1.807, 2.05) is 12.1 Å². The first-order chi connectivity index (χ1) is 19.4. The van der Waals surface area contributed by atoms with E-state index in [1.54, 1.807) is 79.0 Å². The molecule has 1 aliphatic rings. The summed E-state index contributed by atoms with van der Waals surface area (Å²) in [4.78, 5) is 30.6. The van der Waals surface area contributed by atoms with Gasteiger partial charge in [-0.15, -0.1) is 0 Å². The standard InChI is InChI=1S/C31H28ClN3O5/c32-24-6-11-27(12-7-24)40-26-9-4-22(5-10-26)30(36)34-25-8-13-29(33-19-25)35-16-14-21(15-17-35)20-39-28-3-1-2-23(18-28)31(37)38/h1-13,18-19,21H,14-17,20H2,(H,34,36)(H,37,38). The maximum absolute atomic E-state index is 12.7. The molecule has 4 aromatic rings. The molecule has 2 heterocycles. The summed E-state index contributed by atoms with van der Waals surface area (Å²) in [6, 6.07) is 24.3. The van der Waals surface area contributed by atoms with Gasteiger partial charge in [-0.2, -0.15) is 0 Å². The number of nitrogens with one attached hydrogen (secondary N) is 1. The molecule has 40 heavy (non-hydrogen) atoms. The summed E-state index contributed by atoms with van der Waals surface area (Å²) >= 11 is 5.91. The Morgan fingerprint density at radius 3 is 2.25 bits per heavy atom. The van der Waals surface area contributed by atoms with Gasteiger partial charge < -0.3 is 24.8 Å². The lowest BCUT2D eigenvalue weighted by Crippen LogP contribution is -2.36. The fraction of sp³-hybridized carbons (Fsp3) is 0.194. The van der Waals surface area contributed by atoms with Crippen LogP contribution in [0.15, 0.2) is 91.1 Å². The van der Waals surface area contributed by atoms with Crippen molar-refractivity contribution in [2.45, 2.75) is 12.8 Å². The number of anilines is 2. The number of aromatic nitrogens is 1. The molecule has 8 nitrogen and oxygen atoms in total. The minimum absolute atomic E-state index is 0.218. The van der Waals surface area contributed by atoms with Crippen molar-refractivity contribution < 1.29 is 24.2 Å². The Balaban J connectivity index is 1.08. The van der Waals surface area contributed by atoms with Gasteiger partial charge in [0.1, 0.15) is 23.1 Å². The number of carboxylic acid groups (broad SMARTS) is 1. The predicted octanol–water partition coefficient (Wildman–Crippen LogP) is 6.77. The smallest absolute Gasteiger partial charge is 0.335 e. The molecule has 1 saturated heterocycles. The largest absolute Gasteiger partial charge is 0.493 e. The van der Waals surface area contributed by atoms with Crippen molar-refractivity contribution in [3.05, 3.63) is 107 Å². The molecule has 204 valence electrons. The second-order valence-electron chi connectivity index (χ2n) is 9.51. The van der Waals surface area contributed by atoms with Gasteiger partial charge in [0.05, 0.1) is 24.1 Å². The maximum Gasteiger partial charge on any atom is 0.335 e. The maximum atomic E-state index is 12.7. The fourth-order valence-corrected chi connectivity index (χ4v) is 4.55. The lowest BCUT2D eigenvalue weighted by molar-refractivity contribution is 0.0696. The molecule has 1 aromatic heterocycles. The van der Waals surface area contributed by atoms with Crippen LogP contribution in [0.3, 0.4) is 0 Å². The predicted molar refractivity (Wildman–Crippen MR) is 154 cm³/mol. The number of rotatable bonds is 9. The molecule has 0 atom stereocenters. The number of aromatic carboxylic acids is 1. The van der Waals surface area contributed by atoms with E-state index < -0.39 is 5.97 Å². The van der Waals surface area contributed by atoms with Crippen molar-refractivity contribution in [2.75, 3.05) is 29.9 Å². The van der Waals surface area contributed by atoms with Crippen molar-refractivity contribution in [1.29, 1.82) is 0 Å². The average molecular weight is 558 g/mol.